The number of amides is 1. The Morgan fingerprint density at radius 1 is 1.17 bits per heavy atom. The van der Waals surface area contributed by atoms with Crippen molar-refractivity contribution in [2.75, 3.05) is 45.8 Å². The lowest BCUT2D eigenvalue weighted by Crippen LogP contribution is -2.49. The summed E-state index contributed by atoms with van der Waals surface area (Å²) in [4.78, 5) is 16.6. The molecule has 0 bridgehead atoms. The van der Waals surface area contributed by atoms with Crippen LogP contribution in [0.5, 0.6) is 0 Å². The number of carbonyl (C=O) groups is 1. The minimum Gasteiger partial charge on any atom is -0.339 e. The zero-order valence-corrected chi connectivity index (χ0v) is 11.7. The van der Waals surface area contributed by atoms with Crippen LogP contribution < -0.4 is 5.32 Å². The van der Waals surface area contributed by atoms with E-state index >= 15 is 0 Å². The van der Waals surface area contributed by atoms with Crippen LogP contribution in [0.25, 0.3) is 0 Å². The van der Waals surface area contributed by atoms with E-state index in [1.54, 1.807) is 0 Å². The normalized spacial score (nSPS) is 26.9. The predicted octanol–water partition coefficient (Wildman–Crippen LogP) is 0.930. The molecule has 0 spiro atoms. The van der Waals surface area contributed by atoms with E-state index in [2.05, 4.69) is 17.1 Å². The second-order valence-corrected chi connectivity index (χ2v) is 5.61. The highest BCUT2D eigenvalue weighted by Crippen LogP contribution is 2.20. The minimum absolute atomic E-state index is 0.325. The third-order valence-electron chi connectivity index (χ3n) is 4.35. The molecular weight excluding hydrogens is 226 g/mol. The number of hydrogen-bond donors (Lipinski definition) is 1. The molecule has 104 valence electrons. The molecule has 0 saturated carbocycles. The van der Waals surface area contributed by atoms with Gasteiger partial charge in [-0.1, -0.05) is 13.3 Å². The molecule has 2 rings (SSSR count). The van der Waals surface area contributed by atoms with Crippen molar-refractivity contribution in [3.63, 3.8) is 0 Å². The summed E-state index contributed by atoms with van der Waals surface area (Å²) in [7, 11) is 0. The van der Waals surface area contributed by atoms with E-state index in [4.69, 9.17) is 0 Å². The summed E-state index contributed by atoms with van der Waals surface area (Å²) < 4.78 is 0. The highest BCUT2D eigenvalue weighted by Gasteiger charge is 2.21. The summed E-state index contributed by atoms with van der Waals surface area (Å²) >= 11 is 0. The van der Waals surface area contributed by atoms with Crippen LogP contribution in [-0.4, -0.2) is 61.5 Å². The molecule has 2 saturated heterocycles. The van der Waals surface area contributed by atoms with E-state index in [0.29, 0.717) is 12.5 Å². The second kappa shape index (κ2) is 7.10. The molecule has 2 heterocycles. The van der Waals surface area contributed by atoms with Crippen LogP contribution in [-0.2, 0) is 4.79 Å². The SMILES string of the molecule is CCC1CCCN(CC(=O)N2CCNCC2)CC1. The van der Waals surface area contributed by atoms with Crippen LogP contribution in [0.4, 0.5) is 0 Å². The molecule has 18 heavy (non-hydrogen) atoms. The second-order valence-electron chi connectivity index (χ2n) is 5.61. The van der Waals surface area contributed by atoms with Crippen molar-refractivity contribution in [1.29, 1.82) is 0 Å². The topological polar surface area (TPSA) is 35.6 Å². The summed E-state index contributed by atoms with van der Waals surface area (Å²) in [5.41, 5.74) is 0. The van der Waals surface area contributed by atoms with Gasteiger partial charge in [0.2, 0.25) is 5.91 Å². The fourth-order valence-electron chi connectivity index (χ4n) is 3.00. The Bertz CT molecular complexity index is 264. The Labute approximate surface area is 111 Å². The summed E-state index contributed by atoms with van der Waals surface area (Å²) in [5.74, 6) is 1.20. The Morgan fingerprint density at radius 3 is 2.67 bits per heavy atom. The van der Waals surface area contributed by atoms with Gasteiger partial charge in [-0.3, -0.25) is 9.69 Å². The van der Waals surface area contributed by atoms with E-state index in [9.17, 15) is 4.79 Å². The largest absolute Gasteiger partial charge is 0.339 e. The molecule has 1 atom stereocenters. The van der Waals surface area contributed by atoms with Gasteiger partial charge in [0.1, 0.15) is 0 Å². The highest BCUT2D eigenvalue weighted by atomic mass is 16.2. The molecule has 2 aliphatic heterocycles. The minimum atomic E-state index is 0.325. The van der Waals surface area contributed by atoms with Gasteiger partial charge in [0.25, 0.3) is 0 Å². The number of likely N-dealkylation sites (tertiary alicyclic amines) is 1. The van der Waals surface area contributed by atoms with E-state index < -0.39 is 0 Å². The summed E-state index contributed by atoms with van der Waals surface area (Å²) in [5, 5.41) is 3.29. The van der Waals surface area contributed by atoms with Crippen molar-refractivity contribution in [3.8, 4) is 0 Å². The Balaban J connectivity index is 1.76. The van der Waals surface area contributed by atoms with E-state index in [0.717, 1.165) is 45.2 Å². The Hall–Kier alpha value is -0.610. The molecule has 4 nitrogen and oxygen atoms in total. The number of nitrogens with zero attached hydrogens (tertiary/aromatic N) is 2. The average Bonchev–Trinajstić information content (AvgIpc) is 2.65. The Kier molecular flexibility index (Phi) is 5.45. The van der Waals surface area contributed by atoms with Crippen molar-refractivity contribution in [2.24, 2.45) is 5.92 Å². The van der Waals surface area contributed by atoms with Gasteiger partial charge in [0, 0.05) is 26.2 Å². The quantitative estimate of drug-likeness (QED) is 0.813. The van der Waals surface area contributed by atoms with Gasteiger partial charge in [-0.25, -0.2) is 0 Å². The predicted molar refractivity (Wildman–Crippen MR) is 73.5 cm³/mol. The van der Waals surface area contributed by atoms with Gasteiger partial charge in [-0.2, -0.15) is 0 Å². The molecule has 0 aliphatic carbocycles. The Morgan fingerprint density at radius 2 is 1.94 bits per heavy atom. The summed E-state index contributed by atoms with van der Waals surface area (Å²) in [6.45, 7) is 8.79. The van der Waals surface area contributed by atoms with E-state index in [1.807, 2.05) is 4.90 Å². The monoisotopic (exact) mass is 253 g/mol. The number of piperazine rings is 1. The summed E-state index contributed by atoms with van der Waals surface area (Å²) in [6.07, 6.45) is 5.16. The van der Waals surface area contributed by atoms with Crippen molar-refractivity contribution < 1.29 is 4.79 Å². The van der Waals surface area contributed by atoms with Crippen LogP contribution in [0.3, 0.4) is 0 Å². The first-order chi connectivity index (χ1) is 8.79. The molecule has 0 aromatic carbocycles. The van der Waals surface area contributed by atoms with E-state index in [1.165, 1.54) is 25.7 Å². The van der Waals surface area contributed by atoms with Gasteiger partial charge in [-0.05, 0) is 38.3 Å². The third-order valence-corrected chi connectivity index (χ3v) is 4.35. The highest BCUT2D eigenvalue weighted by molar-refractivity contribution is 5.78. The number of rotatable bonds is 3. The van der Waals surface area contributed by atoms with Gasteiger partial charge in [-0.15, -0.1) is 0 Å². The van der Waals surface area contributed by atoms with Crippen LogP contribution in [0.15, 0.2) is 0 Å². The van der Waals surface area contributed by atoms with E-state index in [-0.39, 0.29) is 0 Å². The van der Waals surface area contributed by atoms with Gasteiger partial charge >= 0.3 is 0 Å². The lowest BCUT2D eigenvalue weighted by molar-refractivity contribution is -0.133. The standard InChI is InChI=1S/C14H27N3O/c1-2-13-4-3-8-16(9-5-13)12-14(18)17-10-6-15-7-11-17/h13,15H,2-12H2,1H3. The molecule has 0 aromatic rings. The molecule has 1 unspecified atom stereocenters. The molecule has 2 fully saturated rings. The molecule has 4 heteroatoms. The fraction of sp³-hybridized carbons (Fsp3) is 0.929. The first-order valence-electron chi connectivity index (χ1n) is 7.50. The molecule has 2 aliphatic rings. The maximum atomic E-state index is 12.2. The molecule has 0 radical (unpaired) electrons. The molecule has 0 aromatic heterocycles. The maximum absolute atomic E-state index is 12.2. The van der Waals surface area contributed by atoms with Crippen LogP contribution in [0, 0.1) is 5.92 Å². The van der Waals surface area contributed by atoms with Crippen LogP contribution >= 0.6 is 0 Å². The zero-order valence-electron chi connectivity index (χ0n) is 11.7. The number of nitrogens with one attached hydrogen (secondary N) is 1. The first kappa shape index (κ1) is 13.8. The van der Waals surface area contributed by atoms with Crippen molar-refractivity contribution in [2.45, 2.75) is 32.6 Å². The van der Waals surface area contributed by atoms with Gasteiger partial charge in [0.05, 0.1) is 6.54 Å². The molecule has 1 N–H and O–H groups in total. The lowest BCUT2D eigenvalue weighted by Gasteiger charge is -2.30. The smallest absolute Gasteiger partial charge is 0.236 e. The van der Waals surface area contributed by atoms with Crippen LogP contribution in [0.1, 0.15) is 32.6 Å². The van der Waals surface area contributed by atoms with Crippen molar-refractivity contribution in [1.82, 2.24) is 15.1 Å². The fourth-order valence-corrected chi connectivity index (χ4v) is 3.00. The van der Waals surface area contributed by atoms with Crippen molar-refractivity contribution >= 4 is 5.91 Å². The summed E-state index contributed by atoms with van der Waals surface area (Å²) in [6, 6.07) is 0. The maximum Gasteiger partial charge on any atom is 0.236 e. The lowest BCUT2D eigenvalue weighted by atomic mass is 9.98. The van der Waals surface area contributed by atoms with Crippen LogP contribution in [0.2, 0.25) is 0 Å². The number of hydrogen-bond acceptors (Lipinski definition) is 3. The van der Waals surface area contributed by atoms with Gasteiger partial charge in [0.15, 0.2) is 0 Å². The number of carbonyl (C=O) groups excluding carboxylic acids is 1. The third kappa shape index (κ3) is 3.95. The molecule has 1 amide bonds. The molecular formula is C14H27N3O. The average molecular weight is 253 g/mol. The first-order valence-corrected chi connectivity index (χ1v) is 7.50. The zero-order chi connectivity index (χ0) is 12.8. The van der Waals surface area contributed by atoms with Crippen molar-refractivity contribution in [3.05, 3.63) is 0 Å². The van der Waals surface area contributed by atoms with Gasteiger partial charge < -0.3 is 10.2 Å².